The Morgan fingerprint density at radius 3 is 2.61 bits per heavy atom. The van der Waals surface area contributed by atoms with E-state index in [0.29, 0.717) is 17.4 Å². The van der Waals surface area contributed by atoms with Crippen molar-refractivity contribution >= 4 is 5.91 Å². The monoisotopic (exact) mass is 249 g/mol. The van der Waals surface area contributed by atoms with Gasteiger partial charge in [0.2, 0.25) is 0 Å². The van der Waals surface area contributed by atoms with Crippen LogP contribution >= 0.6 is 0 Å². The lowest BCUT2D eigenvalue weighted by molar-refractivity contribution is 0.0350. The lowest BCUT2D eigenvalue weighted by atomic mass is 10.1. The number of benzene rings is 1. The number of carbonyl (C=O) groups is 1. The van der Waals surface area contributed by atoms with Crippen LogP contribution in [0.1, 0.15) is 23.2 Å². The molecule has 0 saturated carbocycles. The summed E-state index contributed by atoms with van der Waals surface area (Å²) in [7, 11) is 3.33. The van der Waals surface area contributed by atoms with Crippen molar-refractivity contribution in [2.75, 3.05) is 27.3 Å². The molecule has 1 amide bonds. The highest BCUT2D eigenvalue weighted by atomic mass is 16.5. The smallest absolute Gasteiger partial charge is 0.253 e. The summed E-state index contributed by atoms with van der Waals surface area (Å²) in [6.07, 6.45) is 2.11. The molecule has 1 saturated heterocycles. The molecule has 0 atom stereocenters. The summed E-state index contributed by atoms with van der Waals surface area (Å²) in [5.41, 5.74) is 0.685. The molecule has 1 aliphatic rings. The molecule has 4 heteroatoms. The van der Waals surface area contributed by atoms with Gasteiger partial charge in [-0.05, 0) is 31.0 Å². The fourth-order valence-electron chi connectivity index (χ4n) is 2.23. The molecule has 1 heterocycles. The second kappa shape index (κ2) is 5.87. The van der Waals surface area contributed by atoms with Crippen LogP contribution < -0.4 is 4.74 Å². The SMILES string of the molecule is COc1cccc(C(=O)N2CCC(OC)CC2)c1. The highest BCUT2D eigenvalue weighted by molar-refractivity contribution is 5.94. The van der Waals surface area contributed by atoms with Gasteiger partial charge in [0.05, 0.1) is 13.2 Å². The van der Waals surface area contributed by atoms with Crippen molar-refractivity contribution in [2.24, 2.45) is 0 Å². The van der Waals surface area contributed by atoms with Gasteiger partial charge in [-0.2, -0.15) is 0 Å². The van der Waals surface area contributed by atoms with E-state index in [-0.39, 0.29) is 5.91 Å². The first-order valence-corrected chi connectivity index (χ1v) is 6.20. The molecular weight excluding hydrogens is 230 g/mol. The first kappa shape index (κ1) is 12.9. The van der Waals surface area contributed by atoms with E-state index >= 15 is 0 Å². The number of piperidine rings is 1. The normalized spacial score (nSPS) is 16.7. The highest BCUT2D eigenvalue weighted by Gasteiger charge is 2.23. The largest absolute Gasteiger partial charge is 0.497 e. The molecule has 0 unspecified atom stereocenters. The van der Waals surface area contributed by atoms with Crippen molar-refractivity contribution < 1.29 is 14.3 Å². The maximum absolute atomic E-state index is 12.3. The summed E-state index contributed by atoms with van der Waals surface area (Å²) < 4.78 is 10.4. The number of rotatable bonds is 3. The van der Waals surface area contributed by atoms with E-state index < -0.39 is 0 Å². The topological polar surface area (TPSA) is 38.8 Å². The van der Waals surface area contributed by atoms with Gasteiger partial charge < -0.3 is 14.4 Å². The number of hydrogen-bond acceptors (Lipinski definition) is 3. The molecule has 98 valence electrons. The number of carbonyl (C=O) groups excluding carboxylic acids is 1. The van der Waals surface area contributed by atoms with Crippen LogP contribution in [0.4, 0.5) is 0 Å². The van der Waals surface area contributed by atoms with Crippen molar-refractivity contribution in [1.82, 2.24) is 4.90 Å². The Bertz CT molecular complexity index is 411. The molecule has 0 aliphatic carbocycles. The molecular formula is C14H19NO3. The fraction of sp³-hybridized carbons (Fsp3) is 0.500. The van der Waals surface area contributed by atoms with E-state index in [1.54, 1.807) is 20.3 Å². The molecule has 0 radical (unpaired) electrons. The van der Waals surface area contributed by atoms with Crippen molar-refractivity contribution in [3.8, 4) is 5.75 Å². The number of nitrogens with zero attached hydrogens (tertiary/aromatic N) is 1. The van der Waals surface area contributed by atoms with E-state index in [1.807, 2.05) is 23.1 Å². The molecule has 2 rings (SSSR count). The molecule has 0 N–H and O–H groups in total. The van der Waals surface area contributed by atoms with Crippen molar-refractivity contribution in [3.63, 3.8) is 0 Å². The third kappa shape index (κ3) is 2.82. The van der Waals surface area contributed by atoms with Gasteiger partial charge in [0.25, 0.3) is 5.91 Å². The number of methoxy groups -OCH3 is 2. The number of likely N-dealkylation sites (tertiary alicyclic amines) is 1. The van der Waals surface area contributed by atoms with Crippen LogP contribution in [0.5, 0.6) is 5.75 Å². The third-order valence-electron chi connectivity index (χ3n) is 3.38. The number of amides is 1. The minimum Gasteiger partial charge on any atom is -0.497 e. The first-order chi connectivity index (χ1) is 8.74. The second-order valence-corrected chi connectivity index (χ2v) is 4.46. The Morgan fingerprint density at radius 1 is 1.28 bits per heavy atom. The van der Waals surface area contributed by atoms with Gasteiger partial charge in [0.15, 0.2) is 0 Å². The molecule has 0 bridgehead atoms. The predicted molar refractivity (Wildman–Crippen MR) is 68.9 cm³/mol. The minimum absolute atomic E-state index is 0.0726. The van der Waals surface area contributed by atoms with E-state index in [0.717, 1.165) is 25.9 Å². The average Bonchev–Trinajstić information content (AvgIpc) is 2.46. The molecule has 1 aliphatic heterocycles. The maximum Gasteiger partial charge on any atom is 0.253 e. The zero-order chi connectivity index (χ0) is 13.0. The number of ether oxygens (including phenoxy) is 2. The molecule has 1 aromatic rings. The van der Waals surface area contributed by atoms with Gasteiger partial charge in [-0.3, -0.25) is 4.79 Å². The van der Waals surface area contributed by atoms with Gasteiger partial charge >= 0.3 is 0 Å². The minimum atomic E-state index is 0.0726. The van der Waals surface area contributed by atoms with E-state index in [2.05, 4.69) is 0 Å². The molecule has 1 fully saturated rings. The Labute approximate surface area is 107 Å². The third-order valence-corrected chi connectivity index (χ3v) is 3.38. The van der Waals surface area contributed by atoms with E-state index in [4.69, 9.17) is 9.47 Å². The zero-order valence-electron chi connectivity index (χ0n) is 10.9. The number of hydrogen-bond donors (Lipinski definition) is 0. The standard InChI is InChI=1S/C14H19NO3/c1-17-12-6-8-15(9-7-12)14(16)11-4-3-5-13(10-11)18-2/h3-5,10,12H,6-9H2,1-2H3. The van der Waals surface area contributed by atoms with Crippen LogP contribution in [-0.4, -0.2) is 44.2 Å². The van der Waals surface area contributed by atoms with Crippen LogP contribution in [0, 0.1) is 0 Å². The molecule has 0 spiro atoms. The van der Waals surface area contributed by atoms with E-state index in [1.165, 1.54) is 0 Å². The summed E-state index contributed by atoms with van der Waals surface area (Å²) in [6.45, 7) is 1.52. The van der Waals surface area contributed by atoms with Crippen LogP contribution in [0.15, 0.2) is 24.3 Å². The summed E-state index contributed by atoms with van der Waals surface area (Å²) in [5.74, 6) is 0.788. The summed E-state index contributed by atoms with van der Waals surface area (Å²) in [5, 5.41) is 0. The highest BCUT2D eigenvalue weighted by Crippen LogP contribution is 2.18. The lowest BCUT2D eigenvalue weighted by Crippen LogP contribution is -2.40. The molecule has 4 nitrogen and oxygen atoms in total. The van der Waals surface area contributed by atoms with Crippen LogP contribution in [0.2, 0.25) is 0 Å². The van der Waals surface area contributed by atoms with E-state index in [9.17, 15) is 4.79 Å². The van der Waals surface area contributed by atoms with Crippen molar-refractivity contribution in [2.45, 2.75) is 18.9 Å². The van der Waals surface area contributed by atoms with Gasteiger partial charge in [0, 0.05) is 25.8 Å². The summed E-state index contributed by atoms with van der Waals surface area (Å²) in [4.78, 5) is 14.2. The van der Waals surface area contributed by atoms with Crippen molar-refractivity contribution in [3.05, 3.63) is 29.8 Å². The second-order valence-electron chi connectivity index (χ2n) is 4.46. The lowest BCUT2D eigenvalue weighted by Gasteiger charge is -2.31. The summed E-state index contributed by atoms with van der Waals surface area (Å²) in [6, 6.07) is 7.29. The Kier molecular flexibility index (Phi) is 4.20. The first-order valence-electron chi connectivity index (χ1n) is 6.20. The van der Waals surface area contributed by atoms with Crippen molar-refractivity contribution in [1.29, 1.82) is 0 Å². The van der Waals surface area contributed by atoms with Gasteiger partial charge in [-0.1, -0.05) is 6.07 Å². The quantitative estimate of drug-likeness (QED) is 0.822. The maximum atomic E-state index is 12.3. The molecule has 0 aromatic heterocycles. The Balaban J connectivity index is 2.03. The van der Waals surface area contributed by atoms with Gasteiger partial charge in [0.1, 0.15) is 5.75 Å². The van der Waals surface area contributed by atoms with Crippen LogP contribution in [0.25, 0.3) is 0 Å². The molecule has 18 heavy (non-hydrogen) atoms. The molecule has 1 aromatic carbocycles. The zero-order valence-corrected chi connectivity index (χ0v) is 10.9. The summed E-state index contributed by atoms with van der Waals surface area (Å²) >= 11 is 0. The van der Waals surface area contributed by atoms with Gasteiger partial charge in [-0.25, -0.2) is 0 Å². The Morgan fingerprint density at radius 2 is 2.00 bits per heavy atom. The van der Waals surface area contributed by atoms with Crippen LogP contribution in [0.3, 0.4) is 0 Å². The van der Waals surface area contributed by atoms with Gasteiger partial charge in [-0.15, -0.1) is 0 Å². The Hall–Kier alpha value is -1.55. The predicted octanol–water partition coefficient (Wildman–Crippen LogP) is 1.95. The average molecular weight is 249 g/mol. The fourth-order valence-corrected chi connectivity index (χ4v) is 2.23. The van der Waals surface area contributed by atoms with Crippen LogP contribution in [-0.2, 0) is 4.74 Å².